The van der Waals surface area contributed by atoms with Gasteiger partial charge in [0.05, 0.1) is 0 Å². The van der Waals surface area contributed by atoms with Crippen LogP contribution >= 0.6 is 0 Å². The van der Waals surface area contributed by atoms with Crippen molar-refractivity contribution >= 4 is 0 Å². The Balaban J connectivity index is 0.000000150. The van der Waals surface area contributed by atoms with Crippen LogP contribution in [0.5, 0.6) is 0 Å². The van der Waals surface area contributed by atoms with Crippen LogP contribution in [0.25, 0.3) is 0 Å². The SMILES string of the molecule is CC.CC1CN(CC2CCNCC2)C1.CN1CC2CN(CC3CNC3)CC2C1. The molecule has 5 aliphatic rings. The third kappa shape index (κ3) is 6.40. The molecule has 0 saturated carbocycles. The fourth-order valence-corrected chi connectivity index (χ4v) is 5.72. The summed E-state index contributed by atoms with van der Waals surface area (Å²) in [4.78, 5) is 7.81. The van der Waals surface area contributed by atoms with E-state index in [9.17, 15) is 0 Å². The van der Waals surface area contributed by atoms with Gasteiger partial charge >= 0.3 is 0 Å². The molecule has 0 radical (unpaired) electrons. The van der Waals surface area contributed by atoms with Crippen LogP contribution in [-0.4, -0.2) is 100 Å². The summed E-state index contributed by atoms with van der Waals surface area (Å²) >= 11 is 0. The number of nitrogens with one attached hydrogen (secondary N) is 2. The highest BCUT2D eigenvalue weighted by Gasteiger charge is 2.39. The van der Waals surface area contributed by atoms with E-state index < -0.39 is 0 Å². The molecule has 0 aromatic rings. The van der Waals surface area contributed by atoms with Gasteiger partial charge in [0, 0.05) is 65.4 Å². The van der Waals surface area contributed by atoms with Crippen molar-refractivity contribution in [2.45, 2.75) is 33.6 Å². The van der Waals surface area contributed by atoms with Crippen LogP contribution < -0.4 is 10.6 Å². The molecule has 5 fully saturated rings. The maximum Gasteiger partial charge on any atom is 0.00342 e. The van der Waals surface area contributed by atoms with Crippen molar-refractivity contribution < 1.29 is 0 Å². The molecule has 5 saturated heterocycles. The number of rotatable bonds is 4. The molecule has 5 nitrogen and oxygen atoms in total. The van der Waals surface area contributed by atoms with Gasteiger partial charge in [0.2, 0.25) is 0 Å². The van der Waals surface area contributed by atoms with Crippen molar-refractivity contribution in [3.8, 4) is 0 Å². The summed E-state index contributed by atoms with van der Waals surface area (Å²) in [6.45, 7) is 22.2. The quantitative estimate of drug-likeness (QED) is 0.759. The Morgan fingerprint density at radius 2 is 1.25 bits per heavy atom. The Hall–Kier alpha value is -0.200. The largest absolute Gasteiger partial charge is 0.317 e. The summed E-state index contributed by atoms with van der Waals surface area (Å²) in [7, 11) is 2.26. The Bertz CT molecular complexity index is 415. The molecule has 5 rings (SSSR count). The molecule has 2 N–H and O–H groups in total. The van der Waals surface area contributed by atoms with E-state index in [0.717, 1.165) is 29.6 Å². The van der Waals surface area contributed by atoms with Gasteiger partial charge in [-0.1, -0.05) is 20.8 Å². The van der Waals surface area contributed by atoms with E-state index in [4.69, 9.17) is 0 Å². The fraction of sp³-hybridized carbons (Fsp3) is 1.00. The second-order valence-electron chi connectivity index (χ2n) is 10.0. The minimum Gasteiger partial charge on any atom is -0.317 e. The third-order valence-electron chi connectivity index (χ3n) is 7.24. The summed E-state index contributed by atoms with van der Waals surface area (Å²) in [6, 6.07) is 0. The monoisotopic (exact) mass is 393 g/mol. The highest BCUT2D eigenvalue weighted by atomic mass is 15.2. The predicted octanol–water partition coefficient (Wildman–Crippen LogP) is 1.66. The van der Waals surface area contributed by atoms with Crippen LogP contribution in [0.15, 0.2) is 0 Å². The molecule has 28 heavy (non-hydrogen) atoms. The zero-order chi connectivity index (χ0) is 19.9. The Morgan fingerprint density at radius 3 is 1.75 bits per heavy atom. The van der Waals surface area contributed by atoms with E-state index in [0.29, 0.717) is 0 Å². The van der Waals surface area contributed by atoms with Crippen LogP contribution in [0.4, 0.5) is 0 Å². The van der Waals surface area contributed by atoms with Crippen molar-refractivity contribution in [3.05, 3.63) is 0 Å². The molecule has 0 aliphatic carbocycles. The molecule has 0 spiro atoms. The smallest absolute Gasteiger partial charge is 0.00342 e. The number of piperidine rings is 1. The first-order valence-electron chi connectivity index (χ1n) is 12.2. The average molecular weight is 394 g/mol. The number of nitrogens with zero attached hydrogens (tertiary/aromatic N) is 3. The molecular formula is C23H47N5. The second kappa shape index (κ2) is 11.3. The second-order valence-corrected chi connectivity index (χ2v) is 10.0. The van der Waals surface area contributed by atoms with E-state index in [1.54, 1.807) is 0 Å². The van der Waals surface area contributed by atoms with Crippen molar-refractivity contribution in [2.75, 3.05) is 85.6 Å². The maximum atomic E-state index is 3.41. The third-order valence-corrected chi connectivity index (χ3v) is 7.24. The summed E-state index contributed by atoms with van der Waals surface area (Å²) in [5, 5.41) is 6.77. The molecule has 0 amide bonds. The van der Waals surface area contributed by atoms with Gasteiger partial charge < -0.3 is 25.3 Å². The van der Waals surface area contributed by atoms with Crippen molar-refractivity contribution in [3.63, 3.8) is 0 Å². The molecule has 2 atom stereocenters. The normalized spacial score (nSPS) is 32.6. The summed E-state index contributed by atoms with van der Waals surface area (Å²) in [6.07, 6.45) is 2.79. The molecular weight excluding hydrogens is 346 g/mol. The topological polar surface area (TPSA) is 33.8 Å². The molecule has 5 heterocycles. The van der Waals surface area contributed by atoms with Crippen LogP contribution in [-0.2, 0) is 0 Å². The lowest BCUT2D eigenvalue weighted by Crippen LogP contribution is -2.48. The number of hydrogen-bond acceptors (Lipinski definition) is 5. The Labute approximate surface area is 174 Å². The highest BCUT2D eigenvalue weighted by Crippen LogP contribution is 2.30. The van der Waals surface area contributed by atoms with E-state index in [1.807, 2.05) is 13.8 Å². The van der Waals surface area contributed by atoms with Crippen molar-refractivity contribution in [1.82, 2.24) is 25.3 Å². The molecule has 164 valence electrons. The highest BCUT2D eigenvalue weighted by molar-refractivity contribution is 4.93. The molecule has 2 unspecified atom stereocenters. The van der Waals surface area contributed by atoms with Crippen LogP contribution in [0.2, 0.25) is 0 Å². The molecule has 0 bridgehead atoms. The lowest BCUT2D eigenvalue weighted by Gasteiger charge is -2.40. The summed E-state index contributed by atoms with van der Waals surface area (Å²) in [5.41, 5.74) is 0. The lowest BCUT2D eigenvalue weighted by atomic mass is 9.94. The minimum atomic E-state index is 0.951. The van der Waals surface area contributed by atoms with E-state index >= 15 is 0 Å². The molecule has 0 aromatic carbocycles. The molecule has 5 heteroatoms. The van der Waals surface area contributed by atoms with Crippen molar-refractivity contribution in [1.29, 1.82) is 0 Å². The maximum absolute atomic E-state index is 3.41. The first-order valence-corrected chi connectivity index (χ1v) is 12.2. The van der Waals surface area contributed by atoms with Gasteiger partial charge in [-0.15, -0.1) is 0 Å². The molecule has 5 aliphatic heterocycles. The Morgan fingerprint density at radius 1 is 0.714 bits per heavy atom. The predicted molar refractivity (Wildman–Crippen MR) is 120 cm³/mol. The van der Waals surface area contributed by atoms with Gasteiger partial charge in [-0.05, 0) is 62.6 Å². The van der Waals surface area contributed by atoms with E-state index in [2.05, 4.69) is 39.3 Å². The van der Waals surface area contributed by atoms with Crippen LogP contribution in [0.3, 0.4) is 0 Å². The standard InChI is InChI=1S/C11H21N3.C10H20N2.C2H6/c1-13-5-10-7-14(8-11(10)6-13)4-9-2-12-3-9;1-9-6-12(7-9)8-10-2-4-11-5-3-10;1-2/h9-12H,2-8H2,1H3;9-11H,2-8H2,1H3;1-2H3. The zero-order valence-corrected chi connectivity index (χ0v) is 19.1. The average Bonchev–Trinajstić information content (AvgIpc) is 3.17. The lowest BCUT2D eigenvalue weighted by molar-refractivity contribution is 0.0849. The van der Waals surface area contributed by atoms with Crippen molar-refractivity contribution in [2.24, 2.45) is 29.6 Å². The van der Waals surface area contributed by atoms with E-state index in [-0.39, 0.29) is 0 Å². The minimum absolute atomic E-state index is 0.951. The molecule has 0 aromatic heterocycles. The first kappa shape index (κ1) is 22.5. The zero-order valence-electron chi connectivity index (χ0n) is 19.1. The van der Waals surface area contributed by atoms with Crippen LogP contribution in [0, 0.1) is 29.6 Å². The summed E-state index contributed by atoms with van der Waals surface area (Å²) in [5.74, 6) is 4.86. The number of hydrogen-bond donors (Lipinski definition) is 2. The Kier molecular flexibility index (Phi) is 9.04. The van der Waals surface area contributed by atoms with Gasteiger partial charge in [-0.2, -0.15) is 0 Å². The van der Waals surface area contributed by atoms with Gasteiger partial charge in [0.25, 0.3) is 0 Å². The van der Waals surface area contributed by atoms with Crippen LogP contribution in [0.1, 0.15) is 33.6 Å². The van der Waals surface area contributed by atoms with Gasteiger partial charge in [0.1, 0.15) is 0 Å². The van der Waals surface area contributed by atoms with Gasteiger partial charge in [0.15, 0.2) is 0 Å². The summed E-state index contributed by atoms with van der Waals surface area (Å²) < 4.78 is 0. The fourth-order valence-electron chi connectivity index (χ4n) is 5.72. The van der Waals surface area contributed by atoms with E-state index in [1.165, 1.54) is 91.4 Å². The number of likely N-dealkylation sites (tertiary alicyclic amines) is 3. The first-order chi connectivity index (χ1) is 13.7. The number of fused-ring (bicyclic) bond motifs is 1. The van der Waals surface area contributed by atoms with Gasteiger partial charge in [-0.25, -0.2) is 0 Å². The van der Waals surface area contributed by atoms with Gasteiger partial charge in [-0.3, -0.25) is 0 Å².